The number of ether oxygens (including phenoxy) is 2. The fourth-order valence-electron chi connectivity index (χ4n) is 0.967. The number of hydrogen-bond acceptors (Lipinski definition) is 6. The maximum absolute atomic E-state index is 9.59. The van der Waals surface area contributed by atoms with E-state index in [-0.39, 0.29) is 12.0 Å². The van der Waals surface area contributed by atoms with Gasteiger partial charge in [0.2, 0.25) is 0 Å². The lowest BCUT2D eigenvalue weighted by atomic mass is 10.5. The highest BCUT2D eigenvalue weighted by Crippen LogP contribution is 2.11. The van der Waals surface area contributed by atoms with E-state index in [1.807, 2.05) is 13.8 Å². The summed E-state index contributed by atoms with van der Waals surface area (Å²) in [7, 11) is 0. The molecule has 0 saturated carbocycles. The second-order valence-electron chi connectivity index (χ2n) is 2.80. The van der Waals surface area contributed by atoms with Gasteiger partial charge in [-0.05, 0) is 13.8 Å². The number of rotatable bonds is 2. The first-order chi connectivity index (χ1) is 6.57. The van der Waals surface area contributed by atoms with Crippen molar-refractivity contribution in [2.75, 3.05) is 13.2 Å². The number of nitrogens with zero attached hydrogens (tertiary/aromatic N) is 2. The van der Waals surface area contributed by atoms with Crippen molar-refractivity contribution in [2.24, 2.45) is 9.98 Å². The van der Waals surface area contributed by atoms with Gasteiger partial charge in [-0.15, -0.1) is 0 Å². The summed E-state index contributed by atoms with van der Waals surface area (Å²) in [6.45, 7) is 6.02. The molecule has 0 atom stereocenters. The summed E-state index contributed by atoms with van der Waals surface area (Å²) in [5, 5.41) is 12.3. The predicted molar refractivity (Wildman–Crippen MR) is 51.9 cm³/mol. The minimum Gasteiger partial charge on any atom is -0.465 e. The van der Waals surface area contributed by atoms with Crippen LogP contribution in [-0.4, -0.2) is 36.2 Å². The van der Waals surface area contributed by atoms with E-state index >= 15 is 0 Å². The van der Waals surface area contributed by atoms with Gasteiger partial charge in [-0.3, -0.25) is 5.32 Å². The molecular weight excluding hydrogens is 186 g/mol. The van der Waals surface area contributed by atoms with Crippen LogP contribution in [0.5, 0.6) is 0 Å². The van der Waals surface area contributed by atoms with E-state index in [0.717, 1.165) is 0 Å². The quantitative estimate of drug-likeness (QED) is 0.661. The number of hydrogen-bond donors (Lipinski definition) is 2. The fourth-order valence-corrected chi connectivity index (χ4v) is 0.967. The Labute approximate surface area is 82.6 Å². The smallest absolute Gasteiger partial charge is 0.297 e. The molecule has 80 valence electrons. The Bertz CT molecular complexity index is 237. The van der Waals surface area contributed by atoms with E-state index in [4.69, 9.17) is 9.47 Å². The third-order valence-corrected chi connectivity index (χ3v) is 1.40. The Morgan fingerprint density at radius 2 is 1.64 bits per heavy atom. The highest BCUT2D eigenvalue weighted by molar-refractivity contribution is 5.94. The number of aliphatic hydroxyl groups is 1. The first-order valence-electron chi connectivity index (χ1n) is 4.52. The van der Waals surface area contributed by atoms with E-state index in [0.29, 0.717) is 13.2 Å². The standard InChI is InChI=1S/C8H15N3O3/c1-4-13-6-9-7(14-5-2)11-8(3,12)10-6/h12H,4-5H2,1-3H3,(H,9,10,11). The Hall–Kier alpha value is -1.30. The first-order valence-corrected chi connectivity index (χ1v) is 4.52. The number of aliphatic imine (C=N–C) groups is 2. The Kier molecular flexibility index (Phi) is 3.29. The molecule has 0 saturated heterocycles. The van der Waals surface area contributed by atoms with E-state index in [2.05, 4.69) is 15.3 Å². The zero-order valence-corrected chi connectivity index (χ0v) is 8.57. The zero-order chi connectivity index (χ0) is 10.6. The fraction of sp³-hybridized carbons (Fsp3) is 0.750. The normalized spacial score (nSPS) is 19.1. The van der Waals surface area contributed by atoms with Crippen LogP contribution in [0.4, 0.5) is 0 Å². The molecule has 2 N–H and O–H groups in total. The lowest BCUT2D eigenvalue weighted by Gasteiger charge is -2.23. The molecule has 0 spiro atoms. The van der Waals surface area contributed by atoms with Gasteiger partial charge in [-0.25, -0.2) is 0 Å². The first kappa shape index (κ1) is 10.8. The molecule has 0 aliphatic carbocycles. The molecule has 1 rings (SSSR count). The van der Waals surface area contributed by atoms with Gasteiger partial charge >= 0.3 is 0 Å². The van der Waals surface area contributed by atoms with Gasteiger partial charge in [0.05, 0.1) is 13.2 Å². The highest BCUT2D eigenvalue weighted by atomic mass is 16.5. The second kappa shape index (κ2) is 4.28. The molecule has 0 aromatic heterocycles. The lowest BCUT2D eigenvalue weighted by Crippen LogP contribution is -2.43. The molecule has 14 heavy (non-hydrogen) atoms. The van der Waals surface area contributed by atoms with Crippen molar-refractivity contribution in [3.05, 3.63) is 0 Å². The van der Waals surface area contributed by atoms with Crippen molar-refractivity contribution in [1.82, 2.24) is 5.32 Å². The monoisotopic (exact) mass is 201 g/mol. The van der Waals surface area contributed by atoms with Crippen LogP contribution in [0.3, 0.4) is 0 Å². The van der Waals surface area contributed by atoms with Crippen molar-refractivity contribution < 1.29 is 14.6 Å². The van der Waals surface area contributed by atoms with Crippen LogP contribution in [0.15, 0.2) is 9.98 Å². The molecule has 6 nitrogen and oxygen atoms in total. The van der Waals surface area contributed by atoms with Crippen molar-refractivity contribution in [1.29, 1.82) is 0 Å². The molecule has 0 aromatic rings. The van der Waals surface area contributed by atoms with E-state index in [1.165, 1.54) is 6.92 Å². The van der Waals surface area contributed by atoms with Crippen LogP contribution in [-0.2, 0) is 9.47 Å². The molecular formula is C8H15N3O3. The lowest BCUT2D eigenvalue weighted by molar-refractivity contribution is 0.0680. The summed E-state index contributed by atoms with van der Waals surface area (Å²) >= 11 is 0. The van der Waals surface area contributed by atoms with E-state index < -0.39 is 5.85 Å². The third kappa shape index (κ3) is 2.88. The van der Waals surface area contributed by atoms with Crippen molar-refractivity contribution >= 4 is 12.0 Å². The van der Waals surface area contributed by atoms with Crippen LogP contribution < -0.4 is 5.32 Å². The van der Waals surface area contributed by atoms with Crippen LogP contribution >= 0.6 is 0 Å². The summed E-state index contributed by atoms with van der Waals surface area (Å²) in [6.07, 6.45) is 0. The van der Waals surface area contributed by atoms with E-state index in [1.54, 1.807) is 0 Å². The molecule has 0 unspecified atom stereocenters. The molecule has 0 fully saturated rings. The average Bonchev–Trinajstić information content (AvgIpc) is 2.01. The van der Waals surface area contributed by atoms with Crippen LogP contribution in [0.25, 0.3) is 0 Å². The maximum atomic E-state index is 9.59. The SMILES string of the molecule is CCOC1=NC(C)(O)N=C(OCC)N1. The molecule has 6 heteroatoms. The Morgan fingerprint density at radius 3 is 2.00 bits per heavy atom. The molecule has 0 aromatic carbocycles. The van der Waals surface area contributed by atoms with E-state index in [9.17, 15) is 5.11 Å². The number of nitrogens with one attached hydrogen (secondary N) is 1. The summed E-state index contributed by atoms with van der Waals surface area (Å²) < 4.78 is 10.2. The van der Waals surface area contributed by atoms with Gasteiger partial charge in [0.25, 0.3) is 17.9 Å². The summed E-state index contributed by atoms with van der Waals surface area (Å²) in [6, 6.07) is 0.437. The highest BCUT2D eigenvalue weighted by Gasteiger charge is 2.26. The third-order valence-electron chi connectivity index (χ3n) is 1.40. The largest absolute Gasteiger partial charge is 0.465 e. The molecule has 0 bridgehead atoms. The van der Waals surface area contributed by atoms with Crippen molar-refractivity contribution in [2.45, 2.75) is 26.6 Å². The summed E-state index contributed by atoms with van der Waals surface area (Å²) in [5.74, 6) is -1.51. The van der Waals surface area contributed by atoms with Crippen molar-refractivity contribution in [3.63, 3.8) is 0 Å². The number of amidine groups is 2. The summed E-state index contributed by atoms with van der Waals surface area (Å²) in [4.78, 5) is 7.62. The van der Waals surface area contributed by atoms with Gasteiger partial charge in [-0.2, -0.15) is 9.98 Å². The zero-order valence-electron chi connectivity index (χ0n) is 8.57. The molecule has 0 radical (unpaired) electrons. The second-order valence-corrected chi connectivity index (χ2v) is 2.80. The minimum atomic E-state index is -1.51. The van der Waals surface area contributed by atoms with Crippen LogP contribution in [0.1, 0.15) is 20.8 Å². The molecule has 1 aliphatic rings. The summed E-state index contributed by atoms with van der Waals surface area (Å²) in [5.41, 5.74) is 0. The molecule has 1 aliphatic heterocycles. The molecule has 1 heterocycles. The topological polar surface area (TPSA) is 75.4 Å². The Balaban J connectivity index is 2.71. The van der Waals surface area contributed by atoms with Gasteiger partial charge in [0, 0.05) is 6.92 Å². The van der Waals surface area contributed by atoms with Crippen LogP contribution in [0.2, 0.25) is 0 Å². The van der Waals surface area contributed by atoms with Gasteiger partial charge in [0.15, 0.2) is 0 Å². The maximum Gasteiger partial charge on any atom is 0.297 e. The van der Waals surface area contributed by atoms with Crippen LogP contribution in [0, 0.1) is 0 Å². The molecule has 0 amide bonds. The average molecular weight is 201 g/mol. The van der Waals surface area contributed by atoms with Gasteiger partial charge < -0.3 is 14.6 Å². The van der Waals surface area contributed by atoms with Crippen molar-refractivity contribution in [3.8, 4) is 0 Å². The Morgan fingerprint density at radius 1 is 1.21 bits per heavy atom. The van der Waals surface area contributed by atoms with Gasteiger partial charge in [0.1, 0.15) is 0 Å². The van der Waals surface area contributed by atoms with Gasteiger partial charge in [-0.1, -0.05) is 0 Å². The predicted octanol–water partition coefficient (Wildman–Crippen LogP) is 0.0406. The minimum absolute atomic E-state index is 0.218.